The van der Waals surface area contributed by atoms with Gasteiger partial charge in [0.05, 0.1) is 5.71 Å². The number of rotatable bonds is 1. The van der Waals surface area contributed by atoms with Crippen LogP contribution in [0.2, 0.25) is 0 Å². The minimum absolute atomic E-state index is 0.208. The van der Waals surface area contributed by atoms with E-state index in [2.05, 4.69) is 39.8 Å². The maximum atomic E-state index is 5.38. The second-order valence-corrected chi connectivity index (χ2v) is 4.90. The molecule has 0 saturated carbocycles. The second-order valence-electron chi connectivity index (χ2n) is 4.90. The summed E-state index contributed by atoms with van der Waals surface area (Å²) in [5, 5.41) is 4.10. The molecule has 1 rings (SSSR count). The largest absolute Gasteiger partial charge is 0.392 e. The van der Waals surface area contributed by atoms with Crippen LogP contribution in [0.1, 0.15) is 41.0 Å². The Balaban J connectivity index is 2.53. The Morgan fingerprint density at radius 1 is 1.42 bits per heavy atom. The first-order chi connectivity index (χ1) is 5.41. The minimum atomic E-state index is 0.208. The number of hydrogen-bond acceptors (Lipinski definition) is 2. The van der Waals surface area contributed by atoms with E-state index in [4.69, 9.17) is 4.84 Å². The van der Waals surface area contributed by atoms with E-state index >= 15 is 0 Å². The summed E-state index contributed by atoms with van der Waals surface area (Å²) in [6, 6.07) is 0. The maximum Gasteiger partial charge on any atom is 0.137 e. The molecule has 0 amide bonds. The molecule has 0 radical (unpaired) electrons. The molecule has 0 aromatic carbocycles. The highest BCUT2D eigenvalue weighted by atomic mass is 16.6. The highest BCUT2D eigenvalue weighted by molar-refractivity contribution is 5.87. The van der Waals surface area contributed by atoms with E-state index in [1.165, 1.54) is 5.71 Å². The molecular formula is C10H19NO. The summed E-state index contributed by atoms with van der Waals surface area (Å²) in [6.07, 6.45) is 1.27. The Hall–Kier alpha value is -0.530. The van der Waals surface area contributed by atoms with Gasteiger partial charge in [-0.25, -0.2) is 0 Å². The van der Waals surface area contributed by atoms with Crippen LogP contribution in [0.3, 0.4) is 0 Å². The molecule has 70 valence electrons. The lowest BCUT2D eigenvalue weighted by Crippen LogP contribution is -2.26. The molecule has 0 saturated heterocycles. The Kier molecular flexibility index (Phi) is 2.45. The number of hydrogen-bond donors (Lipinski definition) is 0. The third kappa shape index (κ3) is 1.99. The van der Waals surface area contributed by atoms with E-state index in [9.17, 15) is 0 Å². The van der Waals surface area contributed by atoms with Gasteiger partial charge in [-0.2, -0.15) is 0 Å². The molecule has 0 bridgehead atoms. The smallest absolute Gasteiger partial charge is 0.137 e. The SMILES string of the molecule is CC(C)C1=NOC(C(C)(C)C)C1. The van der Waals surface area contributed by atoms with Crippen LogP contribution in [0.25, 0.3) is 0 Å². The molecule has 1 atom stereocenters. The van der Waals surface area contributed by atoms with Crippen LogP contribution < -0.4 is 0 Å². The molecule has 1 aliphatic heterocycles. The summed E-state index contributed by atoms with van der Waals surface area (Å²) in [5.74, 6) is 0.525. The third-order valence-corrected chi connectivity index (χ3v) is 2.32. The fourth-order valence-corrected chi connectivity index (χ4v) is 1.20. The maximum absolute atomic E-state index is 5.38. The van der Waals surface area contributed by atoms with Gasteiger partial charge in [-0.1, -0.05) is 39.8 Å². The Labute approximate surface area is 75.0 Å². The Morgan fingerprint density at radius 2 is 2.00 bits per heavy atom. The first-order valence-electron chi connectivity index (χ1n) is 4.64. The van der Waals surface area contributed by atoms with Crippen molar-refractivity contribution in [1.29, 1.82) is 0 Å². The average molecular weight is 169 g/mol. The summed E-state index contributed by atoms with van der Waals surface area (Å²) in [4.78, 5) is 5.38. The summed E-state index contributed by atoms with van der Waals surface area (Å²) < 4.78 is 0. The van der Waals surface area contributed by atoms with Gasteiger partial charge in [0, 0.05) is 11.8 Å². The van der Waals surface area contributed by atoms with Crippen molar-refractivity contribution in [3.05, 3.63) is 0 Å². The highest BCUT2D eigenvalue weighted by Gasteiger charge is 2.32. The van der Waals surface area contributed by atoms with E-state index in [1.807, 2.05) is 0 Å². The van der Waals surface area contributed by atoms with Crippen molar-refractivity contribution < 1.29 is 4.84 Å². The van der Waals surface area contributed by atoms with Crippen molar-refractivity contribution in [2.45, 2.75) is 47.1 Å². The predicted molar refractivity (Wildman–Crippen MR) is 51.2 cm³/mol. The molecule has 12 heavy (non-hydrogen) atoms. The van der Waals surface area contributed by atoms with Crippen LogP contribution in [0.4, 0.5) is 0 Å². The van der Waals surface area contributed by atoms with Gasteiger partial charge in [-0.05, 0) is 5.92 Å². The standard InChI is InChI=1S/C10H19NO/c1-7(2)8-6-9(12-11-8)10(3,4)5/h7,9H,6H2,1-5H3. The third-order valence-electron chi connectivity index (χ3n) is 2.32. The molecule has 2 nitrogen and oxygen atoms in total. The molecule has 0 aromatic heterocycles. The summed E-state index contributed by atoms with van der Waals surface area (Å²) in [6.45, 7) is 10.9. The quantitative estimate of drug-likeness (QED) is 0.591. The fourth-order valence-electron chi connectivity index (χ4n) is 1.20. The van der Waals surface area contributed by atoms with E-state index < -0.39 is 0 Å². The van der Waals surface area contributed by atoms with Crippen LogP contribution in [0.15, 0.2) is 5.16 Å². The van der Waals surface area contributed by atoms with Crippen molar-refractivity contribution in [2.24, 2.45) is 16.5 Å². The van der Waals surface area contributed by atoms with E-state index in [-0.39, 0.29) is 11.5 Å². The van der Waals surface area contributed by atoms with E-state index in [0.717, 1.165) is 6.42 Å². The van der Waals surface area contributed by atoms with Gasteiger partial charge in [0.25, 0.3) is 0 Å². The first-order valence-corrected chi connectivity index (χ1v) is 4.64. The Bertz CT molecular complexity index is 189. The zero-order valence-corrected chi connectivity index (χ0v) is 8.72. The topological polar surface area (TPSA) is 21.6 Å². The lowest BCUT2D eigenvalue weighted by atomic mass is 9.85. The summed E-state index contributed by atoms with van der Waals surface area (Å²) in [7, 11) is 0. The normalized spacial score (nSPS) is 24.2. The summed E-state index contributed by atoms with van der Waals surface area (Å²) >= 11 is 0. The van der Waals surface area contributed by atoms with Crippen LogP contribution in [0.5, 0.6) is 0 Å². The van der Waals surface area contributed by atoms with Crippen LogP contribution >= 0.6 is 0 Å². The van der Waals surface area contributed by atoms with Crippen molar-refractivity contribution in [3.63, 3.8) is 0 Å². The van der Waals surface area contributed by atoms with Crippen LogP contribution in [-0.4, -0.2) is 11.8 Å². The van der Waals surface area contributed by atoms with Gasteiger partial charge < -0.3 is 4.84 Å². The molecule has 1 heterocycles. The van der Waals surface area contributed by atoms with Gasteiger partial charge in [-0.15, -0.1) is 0 Å². The van der Waals surface area contributed by atoms with Crippen molar-refractivity contribution >= 4 is 5.71 Å². The van der Waals surface area contributed by atoms with Gasteiger partial charge in [-0.3, -0.25) is 0 Å². The lowest BCUT2D eigenvalue weighted by molar-refractivity contribution is 0.00830. The number of nitrogens with zero attached hydrogens (tertiary/aromatic N) is 1. The lowest BCUT2D eigenvalue weighted by Gasteiger charge is -2.24. The molecule has 1 aliphatic rings. The number of oxime groups is 1. The zero-order valence-electron chi connectivity index (χ0n) is 8.72. The summed E-state index contributed by atoms with van der Waals surface area (Å²) in [5.41, 5.74) is 1.41. The first kappa shape index (κ1) is 9.56. The van der Waals surface area contributed by atoms with Crippen LogP contribution in [-0.2, 0) is 4.84 Å². The molecule has 2 heteroatoms. The average Bonchev–Trinajstić information content (AvgIpc) is 2.30. The molecule has 0 fully saturated rings. The van der Waals surface area contributed by atoms with Gasteiger partial charge in [0.2, 0.25) is 0 Å². The molecule has 0 spiro atoms. The molecule has 0 N–H and O–H groups in total. The highest BCUT2D eigenvalue weighted by Crippen LogP contribution is 2.30. The van der Waals surface area contributed by atoms with E-state index in [0.29, 0.717) is 5.92 Å². The zero-order chi connectivity index (χ0) is 9.35. The van der Waals surface area contributed by atoms with E-state index in [1.54, 1.807) is 0 Å². The molecule has 0 aliphatic carbocycles. The minimum Gasteiger partial charge on any atom is -0.392 e. The van der Waals surface area contributed by atoms with Gasteiger partial charge in [0.15, 0.2) is 0 Å². The van der Waals surface area contributed by atoms with Crippen molar-refractivity contribution in [1.82, 2.24) is 0 Å². The van der Waals surface area contributed by atoms with Crippen molar-refractivity contribution in [2.75, 3.05) is 0 Å². The second kappa shape index (κ2) is 3.08. The molecule has 0 aromatic rings. The van der Waals surface area contributed by atoms with Gasteiger partial charge >= 0.3 is 0 Å². The molecule has 1 unspecified atom stereocenters. The fraction of sp³-hybridized carbons (Fsp3) is 0.900. The monoisotopic (exact) mass is 169 g/mol. The van der Waals surface area contributed by atoms with Crippen LogP contribution in [0, 0.1) is 11.3 Å². The predicted octanol–water partition coefficient (Wildman–Crippen LogP) is 2.83. The van der Waals surface area contributed by atoms with Crippen molar-refractivity contribution in [3.8, 4) is 0 Å². The Morgan fingerprint density at radius 3 is 2.25 bits per heavy atom. The van der Waals surface area contributed by atoms with Gasteiger partial charge in [0.1, 0.15) is 6.10 Å². The molecular weight excluding hydrogens is 150 g/mol.